The number of phenols is 1. The summed E-state index contributed by atoms with van der Waals surface area (Å²) in [6.07, 6.45) is 2.03. The zero-order chi connectivity index (χ0) is 14.7. The van der Waals surface area contributed by atoms with E-state index in [1.165, 1.54) is 18.2 Å². The van der Waals surface area contributed by atoms with Crippen LogP contribution in [-0.2, 0) is 4.79 Å². The van der Waals surface area contributed by atoms with Gasteiger partial charge in [0, 0.05) is 18.7 Å². The van der Waals surface area contributed by atoms with Crippen molar-refractivity contribution in [2.45, 2.75) is 25.8 Å². The number of likely N-dealkylation sites (tertiary alicyclic amines) is 1. The van der Waals surface area contributed by atoms with Crippen LogP contribution in [0.5, 0.6) is 5.75 Å². The van der Waals surface area contributed by atoms with Gasteiger partial charge in [-0.2, -0.15) is 0 Å². The Morgan fingerprint density at radius 3 is 2.60 bits per heavy atom. The standard InChI is InChI=1S/C14H17ClN2O3/c1-9(14(20)17-6-2-3-7-17)16-13(19)10-4-5-12(18)11(15)8-10/h4-5,8-9,18H,2-3,6-7H2,1H3,(H,16,19). The lowest BCUT2D eigenvalue weighted by Gasteiger charge is -2.21. The number of aromatic hydroxyl groups is 1. The number of halogens is 1. The van der Waals surface area contributed by atoms with E-state index in [1.807, 2.05) is 0 Å². The number of carbonyl (C=O) groups is 2. The van der Waals surface area contributed by atoms with Gasteiger partial charge in [0.15, 0.2) is 0 Å². The molecule has 2 N–H and O–H groups in total. The predicted molar refractivity (Wildman–Crippen MR) is 75.9 cm³/mol. The lowest BCUT2D eigenvalue weighted by Crippen LogP contribution is -2.45. The molecule has 0 saturated carbocycles. The van der Waals surface area contributed by atoms with Crippen molar-refractivity contribution in [2.24, 2.45) is 0 Å². The molecule has 0 bridgehead atoms. The molecule has 0 radical (unpaired) electrons. The van der Waals surface area contributed by atoms with Crippen molar-refractivity contribution in [1.82, 2.24) is 10.2 Å². The first-order chi connectivity index (χ1) is 9.49. The minimum atomic E-state index is -0.576. The molecule has 1 aromatic rings. The topological polar surface area (TPSA) is 69.6 Å². The van der Waals surface area contributed by atoms with Gasteiger partial charge in [0.1, 0.15) is 11.8 Å². The second-order valence-electron chi connectivity index (χ2n) is 4.89. The molecule has 1 fully saturated rings. The third-order valence-corrected chi connectivity index (χ3v) is 3.65. The van der Waals surface area contributed by atoms with Crippen LogP contribution in [0, 0.1) is 0 Å². The number of nitrogens with zero attached hydrogens (tertiary/aromatic N) is 1. The Kier molecular flexibility index (Phi) is 4.49. The minimum absolute atomic E-state index is 0.0688. The first-order valence-corrected chi connectivity index (χ1v) is 6.95. The summed E-state index contributed by atoms with van der Waals surface area (Å²) in [7, 11) is 0. The Balaban J connectivity index is 1.99. The lowest BCUT2D eigenvalue weighted by atomic mass is 10.2. The van der Waals surface area contributed by atoms with Crippen LogP contribution in [0.25, 0.3) is 0 Å². The summed E-state index contributed by atoms with van der Waals surface area (Å²) in [4.78, 5) is 25.9. The van der Waals surface area contributed by atoms with Gasteiger partial charge in [-0.25, -0.2) is 0 Å². The summed E-state index contributed by atoms with van der Waals surface area (Å²) in [5.74, 6) is -0.530. The number of benzene rings is 1. The molecule has 2 rings (SSSR count). The number of rotatable bonds is 3. The van der Waals surface area contributed by atoms with E-state index in [1.54, 1.807) is 11.8 Å². The van der Waals surface area contributed by atoms with Crippen LogP contribution in [0.4, 0.5) is 0 Å². The third kappa shape index (κ3) is 3.22. The van der Waals surface area contributed by atoms with Crippen molar-refractivity contribution in [1.29, 1.82) is 0 Å². The monoisotopic (exact) mass is 296 g/mol. The zero-order valence-electron chi connectivity index (χ0n) is 11.2. The first-order valence-electron chi connectivity index (χ1n) is 6.57. The molecule has 1 heterocycles. The van der Waals surface area contributed by atoms with Crippen molar-refractivity contribution in [3.8, 4) is 5.75 Å². The van der Waals surface area contributed by atoms with Crippen LogP contribution in [0.3, 0.4) is 0 Å². The van der Waals surface area contributed by atoms with Crippen LogP contribution in [-0.4, -0.2) is 41.0 Å². The van der Waals surface area contributed by atoms with Gasteiger partial charge in [0.05, 0.1) is 5.02 Å². The fraction of sp³-hybridized carbons (Fsp3) is 0.429. The number of phenolic OH excluding ortho intramolecular Hbond substituents is 1. The number of nitrogens with one attached hydrogen (secondary N) is 1. The third-order valence-electron chi connectivity index (χ3n) is 3.35. The predicted octanol–water partition coefficient (Wildman–Crippen LogP) is 1.79. The number of hydrogen-bond acceptors (Lipinski definition) is 3. The van der Waals surface area contributed by atoms with Gasteiger partial charge < -0.3 is 15.3 Å². The van der Waals surface area contributed by atoms with Gasteiger partial charge >= 0.3 is 0 Å². The molecular weight excluding hydrogens is 280 g/mol. The van der Waals surface area contributed by atoms with Crippen LogP contribution >= 0.6 is 11.6 Å². The molecule has 1 saturated heterocycles. The Bertz CT molecular complexity index is 527. The van der Waals surface area contributed by atoms with Crippen molar-refractivity contribution >= 4 is 23.4 Å². The van der Waals surface area contributed by atoms with Gasteiger partial charge in [-0.15, -0.1) is 0 Å². The smallest absolute Gasteiger partial charge is 0.251 e. The Morgan fingerprint density at radius 1 is 1.35 bits per heavy atom. The molecule has 0 aliphatic carbocycles. The van der Waals surface area contributed by atoms with E-state index in [-0.39, 0.29) is 22.6 Å². The first kappa shape index (κ1) is 14.7. The minimum Gasteiger partial charge on any atom is -0.506 e. The van der Waals surface area contributed by atoms with Gasteiger partial charge in [0.2, 0.25) is 5.91 Å². The summed E-state index contributed by atoms with van der Waals surface area (Å²) >= 11 is 5.76. The number of carbonyl (C=O) groups excluding carboxylic acids is 2. The van der Waals surface area contributed by atoms with Crippen LogP contribution in [0.2, 0.25) is 5.02 Å². The molecule has 1 aliphatic rings. The molecule has 1 aromatic carbocycles. The highest BCUT2D eigenvalue weighted by atomic mass is 35.5. The van der Waals surface area contributed by atoms with Crippen LogP contribution < -0.4 is 5.32 Å². The second-order valence-corrected chi connectivity index (χ2v) is 5.30. The zero-order valence-corrected chi connectivity index (χ0v) is 12.0. The molecule has 5 nitrogen and oxygen atoms in total. The van der Waals surface area contributed by atoms with Crippen molar-refractivity contribution in [3.63, 3.8) is 0 Å². The lowest BCUT2D eigenvalue weighted by molar-refractivity contribution is -0.131. The van der Waals surface area contributed by atoms with Crippen molar-refractivity contribution in [3.05, 3.63) is 28.8 Å². The fourth-order valence-corrected chi connectivity index (χ4v) is 2.38. The molecule has 1 atom stereocenters. The molecule has 108 valence electrons. The highest BCUT2D eigenvalue weighted by molar-refractivity contribution is 6.32. The highest BCUT2D eigenvalue weighted by Gasteiger charge is 2.24. The van der Waals surface area contributed by atoms with Crippen LogP contribution in [0.1, 0.15) is 30.1 Å². The molecular formula is C14H17ClN2O3. The Morgan fingerprint density at radius 2 is 2.00 bits per heavy atom. The number of hydrogen-bond donors (Lipinski definition) is 2. The van der Waals surface area contributed by atoms with E-state index >= 15 is 0 Å². The molecule has 1 unspecified atom stereocenters. The average molecular weight is 297 g/mol. The average Bonchev–Trinajstić information content (AvgIpc) is 2.94. The van der Waals surface area contributed by atoms with Gasteiger partial charge in [0.25, 0.3) is 5.91 Å². The highest BCUT2D eigenvalue weighted by Crippen LogP contribution is 2.23. The molecule has 2 amide bonds. The Labute approximate surface area is 122 Å². The van der Waals surface area contributed by atoms with Crippen molar-refractivity contribution in [2.75, 3.05) is 13.1 Å². The quantitative estimate of drug-likeness (QED) is 0.893. The van der Waals surface area contributed by atoms with E-state index < -0.39 is 6.04 Å². The summed E-state index contributed by atoms with van der Waals surface area (Å²) in [6, 6.07) is 3.61. The maximum Gasteiger partial charge on any atom is 0.251 e. The Hall–Kier alpha value is -1.75. The maximum atomic E-state index is 12.1. The van der Waals surface area contributed by atoms with E-state index in [0.29, 0.717) is 5.56 Å². The van der Waals surface area contributed by atoms with E-state index in [2.05, 4.69) is 5.32 Å². The van der Waals surface area contributed by atoms with E-state index in [9.17, 15) is 14.7 Å². The SMILES string of the molecule is CC(NC(=O)c1ccc(O)c(Cl)c1)C(=O)N1CCCC1. The second kappa shape index (κ2) is 6.13. The largest absolute Gasteiger partial charge is 0.506 e. The van der Waals surface area contributed by atoms with E-state index in [0.717, 1.165) is 25.9 Å². The molecule has 0 spiro atoms. The summed E-state index contributed by atoms with van der Waals surface area (Å²) in [5.41, 5.74) is 0.314. The molecule has 6 heteroatoms. The normalized spacial score (nSPS) is 16.0. The van der Waals surface area contributed by atoms with Gasteiger partial charge in [-0.1, -0.05) is 11.6 Å². The number of amides is 2. The summed E-state index contributed by atoms with van der Waals surface area (Å²) in [5, 5.41) is 12.1. The maximum absolute atomic E-state index is 12.1. The fourth-order valence-electron chi connectivity index (χ4n) is 2.20. The molecule has 1 aliphatic heterocycles. The summed E-state index contributed by atoms with van der Waals surface area (Å²) < 4.78 is 0. The van der Waals surface area contributed by atoms with E-state index in [4.69, 9.17) is 11.6 Å². The molecule has 20 heavy (non-hydrogen) atoms. The van der Waals surface area contributed by atoms with Gasteiger partial charge in [-0.05, 0) is 38.0 Å². The summed E-state index contributed by atoms with van der Waals surface area (Å²) in [6.45, 7) is 3.18. The van der Waals surface area contributed by atoms with Gasteiger partial charge in [-0.3, -0.25) is 9.59 Å². The molecule has 0 aromatic heterocycles. The van der Waals surface area contributed by atoms with Crippen molar-refractivity contribution < 1.29 is 14.7 Å². The van der Waals surface area contributed by atoms with Crippen LogP contribution in [0.15, 0.2) is 18.2 Å².